The molecule has 0 radical (unpaired) electrons. The molecule has 126 valence electrons. The summed E-state index contributed by atoms with van der Waals surface area (Å²) in [6.45, 7) is 1.77. The van der Waals surface area contributed by atoms with Crippen molar-refractivity contribution in [1.29, 1.82) is 0 Å². The average Bonchev–Trinajstić information content (AvgIpc) is 2.56. The van der Waals surface area contributed by atoms with Crippen molar-refractivity contribution in [3.8, 4) is 0 Å². The molecule has 2 rings (SSSR count). The SMILES string of the molecule is CNC(=O)c1cccc(NCC(=O)Nc2ccc(F)cc2Cl)c1C. The number of anilines is 2. The van der Waals surface area contributed by atoms with E-state index in [1.165, 1.54) is 12.1 Å². The van der Waals surface area contributed by atoms with Crippen LogP contribution in [0, 0.1) is 12.7 Å². The standard InChI is InChI=1S/C17H17ClFN3O2/c1-10-12(17(24)20-2)4-3-5-14(10)21-9-16(23)22-15-7-6-11(19)8-13(15)18/h3-8,21H,9H2,1-2H3,(H,20,24)(H,22,23). The quantitative estimate of drug-likeness (QED) is 0.776. The molecule has 0 bridgehead atoms. The maximum absolute atomic E-state index is 13.0. The predicted molar refractivity (Wildman–Crippen MR) is 93.1 cm³/mol. The minimum absolute atomic E-state index is 0.0221. The van der Waals surface area contributed by atoms with Crippen molar-refractivity contribution in [3.05, 3.63) is 58.4 Å². The number of halogens is 2. The number of carbonyl (C=O) groups is 2. The van der Waals surface area contributed by atoms with Crippen LogP contribution in [0.4, 0.5) is 15.8 Å². The Morgan fingerprint density at radius 3 is 2.58 bits per heavy atom. The predicted octanol–water partition coefficient (Wildman–Crippen LogP) is 3.20. The molecule has 7 heteroatoms. The number of benzene rings is 2. The second-order valence-electron chi connectivity index (χ2n) is 5.08. The second-order valence-corrected chi connectivity index (χ2v) is 5.49. The summed E-state index contributed by atoms with van der Waals surface area (Å²) in [4.78, 5) is 23.8. The van der Waals surface area contributed by atoms with Gasteiger partial charge in [-0.1, -0.05) is 17.7 Å². The third-order valence-electron chi connectivity index (χ3n) is 3.45. The molecule has 2 aromatic carbocycles. The lowest BCUT2D eigenvalue weighted by Crippen LogP contribution is -2.23. The van der Waals surface area contributed by atoms with E-state index in [9.17, 15) is 14.0 Å². The van der Waals surface area contributed by atoms with Gasteiger partial charge in [0.15, 0.2) is 0 Å². The lowest BCUT2D eigenvalue weighted by molar-refractivity contribution is -0.114. The van der Waals surface area contributed by atoms with Crippen LogP contribution < -0.4 is 16.0 Å². The molecule has 3 N–H and O–H groups in total. The van der Waals surface area contributed by atoms with E-state index in [0.29, 0.717) is 16.9 Å². The van der Waals surface area contributed by atoms with Crippen LogP contribution in [0.5, 0.6) is 0 Å². The van der Waals surface area contributed by atoms with E-state index in [1.54, 1.807) is 32.2 Å². The van der Waals surface area contributed by atoms with Crippen LogP contribution in [0.2, 0.25) is 5.02 Å². The van der Waals surface area contributed by atoms with Gasteiger partial charge in [-0.3, -0.25) is 9.59 Å². The maximum atomic E-state index is 13.0. The molecule has 0 heterocycles. The highest BCUT2D eigenvalue weighted by molar-refractivity contribution is 6.33. The maximum Gasteiger partial charge on any atom is 0.251 e. The van der Waals surface area contributed by atoms with E-state index in [4.69, 9.17) is 11.6 Å². The zero-order chi connectivity index (χ0) is 17.7. The lowest BCUT2D eigenvalue weighted by atomic mass is 10.1. The van der Waals surface area contributed by atoms with Crippen LogP contribution in [0.25, 0.3) is 0 Å². The van der Waals surface area contributed by atoms with Crippen molar-refractivity contribution in [2.45, 2.75) is 6.92 Å². The third-order valence-corrected chi connectivity index (χ3v) is 3.76. The summed E-state index contributed by atoms with van der Waals surface area (Å²) in [6, 6.07) is 8.95. The molecule has 0 aliphatic carbocycles. The highest BCUT2D eigenvalue weighted by Crippen LogP contribution is 2.22. The third kappa shape index (κ3) is 4.23. The van der Waals surface area contributed by atoms with Crippen LogP contribution in [-0.2, 0) is 4.79 Å². The summed E-state index contributed by atoms with van der Waals surface area (Å²) in [5.41, 5.74) is 2.28. The molecule has 0 unspecified atom stereocenters. The smallest absolute Gasteiger partial charge is 0.251 e. The Morgan fingerprint density at radius 2 is 1.92 bits per heavy atom. The number of hydrogen-bond acceptors (Lipinski definition) is 3. The van der Waals surface area contributed by atoms with E-state index in [1.807, 2.05) is 0 Å². The van der Waals surface area contributed by atoms with Gasteiger partial charge in [-0.25, -0.2) is 4.39 Å². The van der Waals surface area contributed by atoms with Gasteiger partial charge in [0.2, 0.25) is 5.91 Å². The molecule has 2 amide bonds. The molecule has 0 aromatic heterocycles. The van der Waals surface area contributed by atoms with E-state index in [-0.39, 0.29) is 23.4 Å². The van der Waals surface area contributed by atoms with Gasteiger partial charge < -0.3 is 16.0 Å². The summed E-state index contributed by atoms with van der Waals surface area (Å²) in [6.07, 6.45) is 0. The topological polar surface area (TPSA) is 70.2 Å². The van der Waals surface area contributed by atoms with Crippen molar-refractivity contribution in [2.75, 3.05) is 24.2 Å². The van der Waals surface area contributed by atoms with Gasteiger partial charge in [0, 0.05) is 18.3 Å². The fourth-order valence-corrected chi connectivity index (χ4v) is 2.38. The molecule has 0 atom stereocenters. The second kappa shape index (κ2) is 7.79. The molecule has 0 saturated carbocycles. The Bertz CT molecular complexity index is 780. The summed E-state index contributed by atoms with van der Waals surface area (Å²) in [7, 11) is 1.56. The Balaban J connectivity index is 2.03. The van der Waals surface area contributed by atoms with Crippen LogP contribution >= 0.6 is 11.6 Å². The highest BCUT2D eigenvalue weighted by atomic mass is 35.5. The molecule has 2 aromatic rings. The molecule has 0 aliphatic rings. The summed E-state index contributed by atoms with van der Waals surface area (Å²) >= 11 is 5.87. The van der Waals surface area contributed by atoms with Gasteiger partial charge in [0.1, 0.15) is 5.82 Å². The molecule has 0 fully saturated rings. The first kappa shape index (κ1) is 17.7. The number of rotatable bonds is 5. The fourth-order valence-electron chi connectivity index (χ4n) is 2.17. The monoisotopic (exact) mass is 349 g/mol. The highest BCUT2D eigenvalue weighted by Gasteiger charge is 2.11. The summed E-state index contributed by atoms with van der Waals surface area (Å²) < 4.78 is 13.0. The number of hydrogen-bond donors (Lipinski definition) is 3. The first-order valence-corrected chi connectivity index (χ1v) is 7.60. The number of carbonyl (C=O) groups excluding carboxylic acids is 2. The fraction of sp³-hybridized carbons (Fsp3) is 0.176. The summed E-state index contributed by atoms with van der Waals surface area (Å²) in [5.74, 6) is -1.01. The molecular formula is C17H17ClFN3O2. The van der Waals surface area contributed by atoms with E-state index >= 15 is 0 Å². The minimum Gasteiger partial charge on any atom is -0.376 e. The molecule has 0 spiro atoms. The number of nitrogens with one attached hydrogen (secondary N) is 3. The van der Waals surface area contributed by atoms with Crippen molar-refractivity contribution in [1.82, 2.24) is 5.32 Å². The number of amides is 2. The van der Waals surface area contributed by atoms with Crippen molar-refractivity contribution < 1.29 is 14.0 Å². The first-order valence-electron chi connectivity index (χ1n) is 7.23. The summed E-state index contributed by atoms with van der Waals surface area (Å²) in [5, 5.41) is 8.26. The van der Waals surface area contributed by atoms with Crippen molar-refractivity contribution >= 4 is 34.8 Å². The van der Waals surface area contributed by atoms with Gasteiger partial charge in [-0.05, 0) is 42.8 Å². The van der Waals surface area contributed by atoms with Gasteiger partial charge in [-0.2, -0.15) is 0 Å². The van der Waals surface area contributed by atoms with Crippen LogP contribution in [-0.4, -0.2) is 25.4 Å². The Hall–Kier alpha value is -2.60. The Kier molecular flexibility index (Phi) is 5.76. The van der Waals surface area contributed by atoms with Crippen LogP contribution in [0.3, 0.4) is 0 Å². The molecule has 24 heavy (non-hydrogen) atoms. The zero-order valence-electron chi connectivity index (χ0n) is 13.2. The Labute approximate surface area is 144 Å². The van der Waals surface area contributed by atoms with Gasteiger partial charge >= 0.3 is 0 Å². The van der Waals surface area contributed by atoms with Gasteiger partial charge in [0.25, 0.3) is 5.91 Å². The van der Waals surface area contributed by atoms with E-state index < -0.39 is 5.82 Å². The largest absolute Gasteiger partial charge is 0.376 e. The average molecular weight is 350 g/mol. The molecular weight excluding hydrogens is 333 g/mol. The normalized spacial score (nSPS) is 10.2. The zero-order valence-corrected chi connectivity index (χ0v) is 14.0. The first-order chi connectivity index (χ1) is 11.4. The molecule has 5 nitrogen and oxygen atoms in total. The van der Waals surface area contributed by atoms with Crippen molar-refractivity contribution in [2.24, 2.45) is 0 Å². The molecule has 0 saturated heterocycles. The van der Waals surface area contributed by atoms with Gasteiger partial charge in [-0.15, -0.1) is 0 Å². The van der Waals surface area contributed by atoms with Gasteiger partial charge in [0.05, 0.1) is 17.3 Å². The van der Waals surface area contributed by atoms with E-state index in [0.717, 1.165) is 11.6 Å². The van der Waals surface area contributed by atoms with Crippen molar-refractivity contribution in [3.63, 3.8) is 0 Å². The van der Waals surface area contributed by atoms with Crippen LogP contribution in [0.1, 0.15) is 15.9 Å². The van der Waals surface area contributed by atoms with E-state index in [2.05, 4.69) is 16.0 Å². The Morgan fingerprint density at radius 1 is 1.17 bits per heavy atom. The molecule has 0 aliphatic heterocycles. The minimum atomic E-state index is -0.474. The lowest BCUT2D eigenvalue weighted by Gasteiger charge is -2.13. The van der Waals surface area contributed by atoms with Crippen LogP contribution in [0.15, 0.2) is 36.4 Å².